The number of carbonyl (C=O) groups excluding carboxylic acids is 1. The van der Waals surface area contributed by atoms with Crippen LogP contribution in [-0.4, -0.2) is 32.2 Å². The molecule has 1 aliphatic carbocycles. The number of carbonyl (C=O) groups is 1. The van der Waals surface area contributed by atoms with Gasteiger partial charge in [0.05, 0.1) is 16.3 Å². The summed E-state index contributed by atoms with van der Waals surface area (Å²) in [6, 6.07) is 9.96. The standard InChI is InChI=1S/C20H22ClN3O3S/c1-28(26,27)15-6-4-14(5-7-15)12-22-19(25)24-13-20(10-2-3-11-20)18-16(24)8-9-17(21)23-18/h4-9H,2-3,10-13H2,1H3,(H,22,25). The summed E-state index contributed by atoms with van der Waals surface area (Å²) in [5.74, 6) is 0. The van der Waals surface area contributed by atoms with Gasteiger partial charge in [-0.2, -0.15) is 0 Å². The van der Waals surface area contributed by atoms with E-state index in [4.69, 9.17) is 11.6 Å². The lowest BCUT2D eigenvalue weighted by Gasteiger charge is -2.24. The Balaban J connectivity index is 1.50. The molecule has 6 nitrogen and oxygen atoms in total. The molecule has 2 aliphatic rings. The molecule has 1 aromatic carbocycles. The van der Waals surface area contributed by atoms with Crippen LogP contribution in [0, 0.1) is 0 Å². The van der Waals surface area contributed by atoms with E-state index in [1.165, 1.54) is 6.26 Å². The second kappa shape index (κ2) is 7.04. The van der Waals surface area contributed by atoms with Crippen molar-refractivity contribution in [2.45, 2.75) is 42.5 Å². The van der Waals surface area contributed by atoms with Crippen LogP contribution in [0.3, 0.4) is 0 Å². The zero-order chi connectivity index (χ0) is 19.9. The van der Waals surface area contributed by atoms with Gasteiger partial charge in [-0.3, -0.25) is 4.90 Å². The van der Waals surface area contributed by atoms with E-state index < -0.39 is 9.84 Å². The van der Waals surface area contributed by atoms with Crippen LogP contribution in [0.1, 0.15) is 36.9 Å². The maximum atomic E-state index is 12.9. The fourth-order valence-electron chi connectivity index (χ4n) is 4.25. The molecule has 1 fully saturated rings. The van der Waals surface area contributed by atoms with Crippen LogP contribution in [-0.2, 0) is 21.8 Å². The van der Waals surface area contributed by atoms with E-state index in [-0.39, 0.29) is 16.3 Å². The third-order valence-corrected chi connectivity index (χ3v) is 7.03. The number of hydrogen-bond donors (Lipinski definition) is 1. The second-order valence-electron chi connectivity index (χ2n) is 7.65. The molecule has 0 radical (unpaired) electrons. The zero-order valence-electron chi connectivity index (χ0n) is 15.6. The first-order valence-electron chi connectivity index (χ1n) is 9.30. The van der Waals surface area contributed by atoms with Crippen molar-refractivity contribution < 1.29 is 13.2 Å². The molecule has 1 saturated carbocycles. The molecule has 2 heterocycles. The number of nitrogens with one attached hydrogen (secondary N) is 1. The Labute approximate surface area is 169 Å². The average molecular weight is 420 g/mol. The summed E-state index contributed by atoms with van der Waals surface area (Å²) in [4.78, 5) is 19.5. The minimum atomic E-state index is -3.23. The highest BCUT2D eigenvalue weighted by Gasteiger charge is 2.47. The van der Waals surface area contributed by atoms with Crippen molar-refractivity contribution >= 4 is 33.2 Å². The Hall–Kier alpha value is -2.12. The van der Waals surface area contributed by atoms with Gasteiger partial charge in [0.2, 0.25) is 0 Å². The third kappa shape index (κ3) is 3.49. The molecule has 28 heavy (non-hydrogen) atoms. The number of halogens is 1. The summed E-state index contributed by atoms with van der Waals surface area (Å²) >= 11 is 6.13. The SMILES string of the molecule is CS(=O)(=O)c1ccc(CNC(=O)N2CC3(CCCC3)c3nc(Cl)ccc32)cc1. The summed E-state index contributed by atoms with van der Waals surface area (Å²) in [6.07, 6.45) is 5.48. The van der Waals surface area contributed by atoms with E-state index >= 15 is 0 Å². The van der Waals surface area contributed by atoms with Gasteiger partial charge in [0, 0.05) is 24.8 Å². The summed E-state index contributed by atoms with van der Waals surface area (Å²) in [6.45, 7) is 0.942. The molecule has 8 heteroatoms. The third-order valence-electron chi connectivity index (χ3n) is 5.69. The molecular formula is C20H22ClN3O3S. The van der Waals surface area contributed by atoms with Crippen LogP contribution >= 0.6 is 11.6 Å². The van der Waals surface area contributed by atoms with E-state index in [0.717, 1.165) is 42.6 Å². The lowest BCUT2D eigenvalue weighted by Crippen LogP contribution is -2.41. The highest BCUT2D eigenvalue weighted by atomic mass is 35.5. The van der Waals surface area contributed by atoms with Crippen molar-refractivity contribution in [1.82, 2.24) is 10.3 Å². The van der Waals surface area contributed by atoms with Gasteiger partial charge in [0.25, 0.3) is 0 Å². The molecule has 1 spiro atoms. The van der Waals surface area contributed by atoms with E-state index in [0.29, 0.717) is 18.2 Å². The average Bonchev–Trinajstić information content (AvgIpc) is 3.25. The first kappa shape index (κ1) is 19.2. The van der Waals surface area contributed by atoms with Crippen molar-refractivity contribution in [2.24, 2.45) is 0 Å². The van der Waals surface area contributed by atoms with Crippen LogP contribution in [0.2, 0.25) is 5.15 Å². The number of nitrogens with zero attached hydrogens (tertiary/aromatic N) is 2. The number of anilines is 1. The molecule has 1 N–H and O–H groups in total. The predicted octanol–water partition coefficient (Wildman–Crippen LogP) is 3.68. The number of aromatic nitrogens is 1. The Kier molecular flexibility index (Phi) is 4.83. The lowest BCUT2D eigenvalue weighted by molar-refractivity contribution is 0.245. The Bertz CT molecular complexity index is 1020. The Morgan fingerprint density at radius 3 is 2.50 bits per heavy atom. The number of amides is 2. The van der Waals surface area contributed by atoms with E-state index in [1.807, 2.05) is 6.07 Å². The van der Waals surface area contributed by atoms with Gasteiger partial charge in [-0.05, 0) is 42.7 Å². The predicted molar refractivity (Wildman–Crippen MR) is 109 cm³/mol. The van der Waals surface area contributed by atoms with E-state index in [2.05, 4.69) is 10.3 Å². The summed E-state index contributed by atoms with van der Waals surface area (Å²) < 4.78 is 23.1. The highest BCUT2D eigenvalue weighted by Crippen LogP contribution is 2.49. The van der Waals surface area contributed by atoms with Gasteiger partial charge in [0.1, 0.15) is 5.15 Å². The van der Waals surface area contributed by atoms with Gasteiger partial charge in [-0.15, -0.1) is 0 Å². The fourth-order valence-corrected chi connectivity index (χ4v) is 5.03. The van der Waals surface area contributed by atoms with Crippen LogP contribution in [0.4, 0.5) is 10.5 Å². The number of urea groups is 1. The first-order valence-corrected chi connectivity index (χ1v) is 11.6. The smallest absolute Gasteiger partial charge is 0.322 e. The van der Waals surface area contributed by atoms with Gasteiger partial charge in [-0.25, -0.2) is 18.2 Å². The molecule has 4 rings (SSSR count). The van der Waals surface area contributed by atoms with Crippen LogP contribution in [0.5, 0.6) is 0 Å². The molecule has 0 bridgehead atoms. The first-order chi connectivity index (χ1) is 13.3. The van der Waals surface area contributed by atoms with E-state index in [9.17, 15) is 13.2 Å². The summed E-state index contributed by atoms with van der Waals surface area (Å²) in [5.41, 5.74) is 2.51. The van der Waals surface area contributed by atoms with Gasteiger partial charge < -0.3 is 5.32 Å². The van der Waals surface area contributed by atoms with Crippen molar-refractivity contribution in [1.29, 1.82) is 0 Å². The highest BCUT2D eigenvalue weighted by molar-refractivity contribution is 7.90. The van der Waals surface area contributed by atoms with Crippen LogP contribution < -0.4 is 10.2 Å². The van der Waals surface area contributed by atoms with Gasteiger partial charge in [0.15, 0.2) is 9.84 Å². The van der Waals surface area contributed by atoms with Crippen molar-refractivity contribution in [2.75, 3.05) is 17.7 Å². The van der Waals surface area contributed by atoms with Crippen LogP contribution in [0.25, 0.3) is 0 Å². The number of pyridine rings is 1. The van der Waals surface area contributed by atoms with Crippen molar-refractivity contribution in [3.05, 3.63) is 52.8 Å². The van der Waals surface area contributed by atoms with Crippen LogP contribution in [0.15, 0.2) is 41.3 Å². The summed E-state index contributed by atoms with van der Waals surface area (Å²) in [5, 5.41) is 3.39. The second-order valence-corrected chi connectivity index (χ2v) is 10.1. The van der Waals surface area contributed by atoms with Crippen molar-refractivity contribution in [3.63, 3.8) is 0 Å². The number of sulfone groups is 1. The van der Waals surface area contributed by atoms with Crippen molar-refractivity contribution in [3.8, 4) is 0 Å². The molecule has 2 aromatic rings. The minimum Gasteiger partial charge on any atom is -0.334 e. The Morgan fingerprint density at radius 1 is 1.18 bits per heavy atom. The molecule has 0 atom stereocenters. The molecule has 0 unspecified atom stereocenters. The number of fused-ring (bicyclic) bond motifs is 2. The monoisotopic (exact) mass is 419 g/mol. The van der Waals surface area contributed by atoms with E-state index in [1.54, 1.807) is 35.2 Å². The number of hydrogen-bond acceptors (Lipinski definition) is 4. The fraction of sp³-hybridized carbons (Fsp3) is 0.400. The Morgan fingerprint density at radius 2 is 1.86 bits per heavy atom. The molecule has 0 saturated heterocycles. The lowest BCUT2D eigenvalue weighted by atomic mass is 9.84. The quantitative estimate of drug-likeness (QED) is 0.769. The van der Waals surface area contributed by atoms with Gasteiger partial charge >= 0.3 is 6.03 Å². The minimum absolute atomic E-state index is 0.0886. The zero-order valence-corrected chi connectivity index (χ0v) is 17.2. The topological polar surface area (TPSA) is 79.4 Å². The molecule has 148 valence electrons. The molecule has 2 amide bonds. The number of benzene rings is 1. The van der Waals surface area contributed by atoms with Gasteiger partial charge in [-0.1, -0.05) is 36.6 Å². The molecule has 1 aromatic heterocycles. The molecular weight excluding hydrogens is 398 g/mol. The number of rotatable bonds is 3. The largest absolute Gasteiger partial charge is 0.334 e. The summed E-state index contributed by atoms with van der Waals surface area (Å²) in [7, 11) is -3.23. The normalized spacial score (nSPS) is 17.7. The maximum Gasteiger partial charge on any atom is 0.322 e. The maximum absolute atomic E-state index is 12.9. The molecule has 1 aliphatic heterocycles.